The fourth-order valence-electron chi connectivity index (χ4n) is 1.32. The van der Waals surface area contributed by atoms with Crippen LogP contribution in [-0.2, 0) is 4.74 Å². The van der Waals surface area contributed by atoms with Crippen LogP contribution in [-0.4, -0.2) is 33.7 Å². The highest BCUT2D eigenvalue weighted by Crippen LogP contribution is 2.37. The molecule has 0 fully saturated rings. The third-order valence-corrected chi connectivity index (χ3v) is 2.81. The van der Waals surface area contributed by atoms with Crippen LogP contribution in [0.25, 0.3) is 0 Å². The van der Waals surface area contributed by atoms with Gasteiger partial charge in [-0.3, -0.25) is 4.79 Å². The van der Waals surface area contributed by atoms with E-state index in [0.29, 0.717) is 21.5 Å². The highest BCUT2D eigenvalue weighted by atomic mass is 79.9. The van der Waals surface area contributed by atoms with Crippen LogP contribution in [0.1, 0.15) is 10.4 Å². The van der Waals surface area contributed by atoms with Crippen LogP contribution in [0, 0.1) is 0 Å². The largest absolute Gasteiger partial charge is 0.495 e. The van der Waals surface area contributed by atoms with E-state index in [0.717, 1.165) is 0 Å². The molecule has 16 heavy (non-hydrogen) atoms. The molecule has 0 atom stereocenters. The Morgan fingerprint density at radius 2 is 1.94 bits per heavy atom. The summed E-state index contributed by atoms with van der Waals surface area (Å²) in [6.07, 6.45) is 0. The number of ether oxygens (including phenoxy) is 3. The molecule has 88 valence electrons. The molecule has 0 aliphatic heterocycles. The van der Waals surface area contributed by atoms with E-state index in [1.165, 1.54) is 14.2 Å². The Hall–Kier alpha value is -1.07. The molecule has 0 aliphatic rings. The second-order valence-corrected chi connectivity index (χ2v) is 3.81. The molecule has 4 nitrogen and oxygen atoms in total. The molecule has 0 aromatic heterocycles. The highest BCUT2D eigenvalue weighted by molar-refractivity contribution is 9.10. The average molecular weight is 289 g/mol. The number of hydrogen-bond acceptors (Lipinski definition) is 4. The Bertz CT molecular complexity index is 390. The van der Waals surface area contributed by atoms with E-state index in [4.69, 9.17) is 14.2 Å². The normalized spacial score (nSPS) is 10.0. The van der Waals surface area contributed by atoms with Gasteiger partial charge in [0.1, 0.15) is 22.6 Å². The first-order valence-corrected chi connectivity index (χ1v) is 5.37. The van der Waals surface area contributed by atoms with Crippen LogP contribution in [0.15, 0.2) is 16.6 Å². The zero-order chi connectivity index (χ0) is 12.1. The van der Waals surface area contributed by atoms with Crippen molar-refractivity contribution < 1.29 is 19.0 Å². The first kappa shape index (κ1) is 13.0. The molecule has 0 bridgehead atoms. The van der Waals surface area contributed by atoms with E-state index in [2.05, 4.69) is 15.9 Å². The number of benzene rings is 1. The first-order valence-electron chi connectivity index (χ1n) is 4.58. The van der Waals surface area contributed by atoms with Crippen LogP contribution in [0.3, 0.4) is 0 Å². The molecule has 0 aliphatic carbocycles. The summed E-state index contributed by atoms with van der Waals surface area (Å²) in [5.74, 6) is 0.940. The van der Waals surface area contributed by atoms with Gasteiger partial charge in [0.2, 0.25) is 0 Å². The molecule has 1 rings (SSSR count). The Morgan fingerprint density at radius 1 is 1.25 bits per heavy atom. The third kappa shape index (κ3) is 2.54. The quantitative estimate of drug-likeness (QED) is 0.780. The predicted molar refractivity (Wildman–Crippen MR) is 63.5 cm³/mol. The average Bonchev–Trinajstić information content (AvgIpc) is 2.28. The summed E-state index contributed by atoms with van der Waals surface area (Å²) in [6, 6.07) is 3.36. The number of ketones is 1. The molecular formula is C11H13BrO4. The lowest BCUT2D eigenvalue weighted by Crippen LogP contribution is -2.09. The minimum atomic E-state index is -0.136. The number of carbonyl (C=O) groups is 1. The Labute approximate surface area is 103 Å². The molecule has 1 aromatic carbocycles. The summed E-state index contributed by atoms with van der Waals surface area (Å²) in [4.78, 5) is 11.7. The molecule has 0 amide bonds. The zero-order valence-electron chi connectivity index (χ0n) is 9.37. The van der Waals surface area contributed by atoms with E-state index in [1.807, 2.05) is 0 Å². The van der Waals surface area contributed by atoms with Gasteiger partial charge in [-0.05, 0) is 28.1 Å². The summed E-state index contributed by atoms with van der Waals surface area (Å²) in [5, 5.41) is 0. The molecule has 0 saturated heterocycles. The minimum Gasteiger partial charge on any atom is -0.495 e. The fourth-order valence-corrected chi connectivity index (χ4v) is 1.99. The van der Waals surface area contributed by atoms with E-state index in [-0.39, 0.29) is 12.4 Å². The monoisotopic (exact) mass is 288 g/mol. The fraction of sp³-hybridized carbons (Fsp3) is 0.364. The predicted octanol–water partition coefficient (Wildman–Crippen LogP) is 2.30. The molecule has 0 unspecified atom stereocenters. The van der Waals surface area contributed by atoms with Gasteiger partial charge in [-0.2, -0.15) is 0 Å². The number of methoxy groups -OCH3 is 3. The van der Waals surface area contributed by atoms with Gasteiger partial charge in [-0.15, -0.1) is 0 Å². The van der Waals surface area contributed by atoms with E-state index < -0.39 is 0 Å². The zero-order valence-corrected chi connectivity index (χ0v) is 11.0. The Kier molecular flexibility index (Phi) is 4.76. The van der Waals surface area contributed by atoms with Gasteiger partial charge in [0.05, 0.1) is 19.8 Å². The van der Waals surface area contributed by atoms with Crippen LogP contribution in [0.4, 0.5) is 0 Å². The molecule has 0 N–H and O–H groups in total. The summed E-state index contributed by atoms with van der Waals surface area (Å²) in [7, 11) is 4.53. The van der Waals surface area contributed by atoms with Gasteiger partial charge < -0.3 is 14.2 Å². The Balaban J connectivity index is 3.20. The van der Waals surface area contributed by atoms with Gasteiger partial charge in [0, 0.05) is 7.11 Å². The van der Waals surface area contributed by atoms with Crippen molar-refractivity contribution >= 4 is 21.7 Å². The van der Waals surface area contributed by atoms with E-state index in [1.54, 1.807) is 19.2 Å². The number of hydrogen-bond donors (Lipinski definition) is 0. The summed E-state index contributed by atoms with van der Waals surface area (Å²) < 4.78 is 15.7. The van der Waals surface area contributed by atoms with E-state index in [9.17, 15) is 4.79 Å². The van der Waals surface area contributed by atoms with Crippen molar-refractivity contribution in [3.63, 3.8) is 0 Å². The van der Waals surface area contributed by atoms with Crippen molar-refractivity contribution in [1.29, 1.82) is 0 Å². The lowest BCUT2D eigenvalue weighted by Gasteiger charge is -2.12. The number of rotatable bonds is 5. The minimum absolute atomic E-state index is 0.0229. The van der Waals surface area contributed by atoms with Gasteiger partial charge in [-0.25, -0.2) is 0 Å². The maximum atomic E-state index is 11.7. The first-order chi connectivity index (χ1) is 7.65. The summed E-state index contributed by atoms with van der Waals surface area (Å²) in [5.41, 5.74) is 0.469. The van der Waals surface area contributed by atoms with Gasteiger partial charge in [0.15, 0.2) is 5.78 Å². The smallest absolute Gasteiger partial charge is 0.192 e. The maximum absolute atomic E-state index is 11.7. The van der Waals surface area contributed by atoms with Gasteiger partial charge in [-0.1, -0.05) is 0 Å². The molecule has 1 aromatic rings. The van der Waals surface area contributed by atoms with Crippen molar-refractivity contribution in [2.24, 2.45) is 0 Å². The van der Waals surface area contributed by atoms with Crippen LogP contribution in [0.5, 0.6) is 11.5 Å². The van der Waals surface area contributed by atoms with Crippen molar-refractivity contribution in [1.82, 2.24) is 0 Å². The van der Waals surface area contributed by atoms with Gasteiger partial charge >= 0.3 is 0 Å². The second kappa shape index (κ2) is 5.86. The SMILES string of the molecule is COCC(=O)c1ccc(OC)c(Br)c1OC. The molecule has 0 saturated carbocycles. The lowest BCUT2D eigenvalue weighted by atomic mass is 10.1. The Morgan fingerprint density at radius 3 is 2.44 bits per heavy atom. The number of Topliss-reactive ketones (excluding diaryl/α,β-unsaturated/α-hetero) is 1. The molecule has 0 radical (unpaired) electrons. The van der Waals surface area contributed by atoms with Crippen LogP contribution >= 0.6 is 15.9 Å². The molecule has 0 spiro atoms. The van der Waals surface area contributed by atoms with Crippen molar-refractivity contribution in [3.05, 3.63) is 22.2 Å². The number of halogens is 1. The third-order valence-electron chi connectivity index (χ3n) is 2.06. The molecular weight excluding hydrogens is 276 g/mol. The van der Waals surface area contributed by atoms with Crippen LogP contribution in [0.2, 0.25) is 0 Å². The van der Waals surface area contributed by atoms with Crippen LogP contribution < -0.4 is 9.47 Å². The summed E-state index contributed by atoms with van der Waals surface area (Å²) in [6.45, 7) is 0.0229. The maximum Gasteiger partial charge on any atom is 0.192 e. The van der Waals surface area contributed by atoms with Crippen molar-refractivity contribution in [3.8, 4) is 11.5 Å². The number of carbonyl (C=O) groups excluding carboxylic acids is 1. The summed E-state index contributed by atoms with van der Waals surface area (Å²) >= 11 is 3.33. The van der Waals surface area contributed by atoms with E-state index >= 15 is 0 Å². The highest BCUT2D eigenvalue weighted by Gasteiger charge is 2.17. The van der Waals surface area contributed by atoms with Gasteiger partial charge in [0.25, 0.3) is 0 Å². The van der Waals surface area contributed by atoms with Crippen molar-refractivity contribution in [2.75, 3.05) is 27.9 Å². The lowest BCUT2D eigenvalue weighted by molar-refractivity contribution is 0.0845. The topological polar surface area (TPSA) is 44.8 Å². The standard InChI is InChI=1S/C11H13BrO4/c1-14-6-8(13)7-4-5-9(15-2)10(12)11(7)16-3/h4-5H,6H2,1-3H3. The molecule has 5 heteroatoms. The second-order valence-electron chi connectivity index (χ2n) is 3.02. The van der Waals surface area contributed by atoms with Crippen molar-refractivity contribution in [2.45, 2.75) is 0 Å². The molecule has 0 heterocycles.